The van der Waals surface area contributed by atoms with Crippen molar-refractivity contribution < 1.29 is 36.2 Å². The molecule has 0 aliphatic heterocycles. The Labute approximate surface area is 167 Å². The third-order valence-corrected chi connectivity index (χ3v) is 5.46. The molecule has 2 aromatic carbocycles. The van der Waals surface area contributed by atoms with E-state index in [0.717, 1.165) is 17.7 Å². The Hall–Kier alpha value is -2.88. The molecule has 0 aliphatic carbocycles. The quantitative estimate of drug-likeness (QED) is 0.658. The SMILES string of the molecule is COc1cc(CCC(=O)Nc2ccc(S(=O)(=O)C(F)F)cc2)cc(OC)c1OC. The molecule has 0 atom stereocenters. The van der Waals surface area contributed by atoms with E-state index < -0.39 is 20.5 Å². The van der Waals surface area contributed by atoms with Crippen molar-refractivity contribution in [1.82, 2.24) is 0 Å². The second kappa shape index (κ2) is 9.55. The minimum atomic E-state index is -4.67. The van der Waals surface area contributed by atoms with Gasteiger partial charge in [-0.25, -0.2) is 8.42 Å². The fourth-order valence-corrected chi connectivity index (χ4v) is 3.31. The summed E-state index contributed by atoms with van der Waals surface area (Å²) in [5, 5.41) is 2.59. The van der Waals surface area contributed by atoms with Crippen LogP contribution >= 0.6 is 0 Å². The summed E-state index contributed by atoms with van der Waals surface area (Å²) in [5.74, 6) is -2.44. The highest BCUT2D eigenvalue weighted by Gasteiger charge is 2.26. The molecule has 0 aromatic heterocycles. The molecule has 0 heterocycles. The predicted octanol–water partition coefficient (Wildman–Crippen LogP) is 3.28. The summed E-state index contributed by atoms with van der Waals surface area (Å²) in [4.78, 5) is 11.7. The van der Waals surface area contributed by atoms with Gasteiger partial charge in [-0.15, -0.1) is 0 Å². The Morgan fingerprint density at radius 2 is 1.55 bits per heavy atom. The number of sulfone groups is 1. The molecule has 0 bridgehead atoms. The molecule has 29 heavy (non-hydrogen) atoms. The van der Waals surface area contributed by atoms with Crippen LogP contribution in [-0.4, -0.2) is 41.4 Å². The van der Waals surface area contributed by atoms with Gasteiger partial charge in [-0.2, -0.15) is 8.78 Å². The topological polar surface area (TPSA) is 90.9 Å². The second-order valence-corrected chi connectivity index (χ2v) is 7.83. The Morgan fingerprint density at radius 3 is 2.00 bits per heavy atom. The maximum atomic E-state index is 12.5. The molecule has 0 fully saturated rings. The highest BCUT2D eigenvalue weighted by molar-refractivity contribution is 7.91. The number of nitrogens with one attached hydrogen (secondary N) is 1. The Balaban J connectivity index is 2.03. The molecule has 0 spiro atoms. The molecule has 1 amide bonds. The van der Waals surface area contributed by atoms with Gasteiger partial charge in [-0.05, 0) is 48.4 Å². The second-order valence-electron chi connectivity index (χ2n) is 5.91. The molecule has 1 N–H and O–H groups in total. The van der Waals surface area contributed by atoms with Crippen molar-refractivity contribution in [1.29, 1.82) is 0 Å². The smallest absolute Gasteiger partial charge is 0.341 e. The number of anilines is 1. The van der Waals surface area contributed by atoms with E-state index in [2.05, 4.69) is 5.32 Å². The van der Waals surface area contributed by atoms with Crippen LogP contribution < -0.4 is 19.5 Å². The third kappa shape index (κ3) is 5.35. The normalized spacial score (nSPS) is 11.2. The number of rotatable bonds is 9. The van der Waals surface area contributed by atoms with Crippen molar-refractivity contribution in [2.24, 2.45) is 0 Å². The van der Waals surface area contributed by atoms with E-state index in [4.69, 9.17) is 14.2 Å². The van der Waals surface area contributed by atoms with E-state index in [1.54, 1.807) is 12.1 Å². The molecule has 0 radical (unpaired) electrons. The third-order valence-electron chi connectivity index (χ3n) is 4.07. The number of hydrogen-bond acceptors (Lipinski definition) is 6. The standard InChI is InChI=1S/C19H21F2NO6S/c1-26-15-10-12(11-16(27-2)18(15)28-3)4-9-17(23)22-13-5-7-14(8-6-13)29(24,25)19(20)21/h5-8,10-11,19H,4,9H2,1-3H3,(H,22,23). The monoisotopic (exact) mass is 429 g/mol. The van der Waals surface area contributed by atoms with Gasteiger partial charge >= 0.3 is 5.76 Å². The highest BCUT2D eigenvalue weighted by atomic mass is 32.2. The number of ether oxygens (including phenoxy) is 3. The summed E-state index contributed by atoms with van der Waals surface area (Å²) in [7, 11) is -0.193. The summed E-state index contributed by atoms with van der Waals surface area (Å²) in [6.45, 7) is 0. The van der Waals surface area contributed by atoms with E-state index in [0.29, 0.717) is 29.4 Å². The maximum Gasteiger partial charge on any atom is 0.341 e. The molecule has 10 heteroatoms. The van der Waals surface area contributed by atoms with Crippen LogP contribution in [0.1, 0.15) is 12.0 Å². The van der Waals surface area contributed by atoms with Gasteiger partial charge in [-0.3, -0.25) is 4.79 Å². The first-order valence-corrected chi connectivity index (χ1v) is 9.98. The van der Waals surface area contributed by atoms with Crippen molar-refractivity contribution >= 4 is 21.4 Å². The zero-order valence-corrected chi connectivity index (χ0v) is 16.9. The fourth-order valence-electron chi connectivity index (χ4n) is 2.59. The summed E-state index contributed by atoms with van der Waals surface area (Å²) in [5.41, 5.74) is 1.08. The van der Waals surface area contributed by atoms with E-state index in [1.165, 1.54) is 33.5 Å². The first-order chi connectivity index (χ1) is 13.7. The largest absolute Gasteiger partial charge is 0.493 e. The molecule has 158 valence electrons. The van der Waals surface area contributed by atoms with Crippen molar-refractivity contribution in [3.05, 3.63) is 42.0 Å². The average molecular weight is 429 g/mol. The first-order valence-electron chi connectivity index (χ1n) is 8.43. The number of alkyl halides is 2. The van der Waals surface area contributed by atoms with Gasteiger partial charge in [0.1, 0.15) is 0 Å². The first kappa shape index (κ1) is 22.4. The van der Waals surface area contributed by atoms with Crippen molar-refractivity contribution in [3.63, 3.8) is 0 Å². The van der Waals surface area contributed by atoms with Crippen LogP contribution in [0.15, 0.2) is 41.3 Å². The summed E-state index contributed by atoms with van der Waals surface area (Å²) >= 11 is 0. The molecule has 0 aliphatic rings. The van der Waals surface area contributed by atoms with Gasteiger partial charge in [0.25, 0.3) is 0 Å². The van der Waals surface area contributed by atoms with Crippen molar-refractivity contribution in [2.45, 2.75) is 23.5 Å². The number of aryl methyl sites for hydroxylation is 1. The van der Waals surface area contributed by atoms with Crippen molar-refractivity contribution in [3.8, 4) is 17.2 Å². The summed E-state index contributed by atoms with van der Waals surface area (Å²) in [6.07, 6.45) is 0.496. The minimum absolute atomic E-state index is 0.121. The van der Waals surface area contributed by atoms with Crippen molar-refractivity contribution in [2.75, 3.05) is 26.6 Å². The van der Waals surface area contributed by atoms with E-state index in [-0.39, 0.29) is 12.3 Å². The summed E-state index contributed by atoms with van der Waals surface area (Å²) in [6, 6.07) is 8.03. The maximum absolute atomic E-state index is 12.5. The van der Waals surface area contributed by atoms with Gasteiger partial charge in [0.2, 0.25) is 21.5 Å². The number of methoxy groups -OCH3 is 3. The van der Waals surface area contributed by atoms with Gasteiger partial charge in [-0.1, -0.05) is 0 Å². The zero-order valence-electron chi connectivity index (χ0n) is 16.1. The molecule has 7 nitrogen and oxygen atoms in total. The van der Waals surface area contributed by atoms with Crippen LogP contribution in [0.25, 0.3) is 0 Å². The molecular weight excluding hydrogens is 408 g/mol. The van der Waals surface area contributed by atoms with Crippen LogP contribution in [0.5, 0.6) is 17.2 Å². The lowest BCUT2D eigenvalue weighted by atomic mass is 10.1. The molecule has 0 unspecified atom stereocenters. The lowest BCUT2D eigenvalue weighted by Crippen LogP contribution is -2.13. The Bertz CT molecular complexity index is 936. The number of amides is 1. The van der Waals surface area contributed by atoms with Crippen LogP contribution in [0.2, 0.25) is 0 Å². The summed E-state index contributed by atoms with van der Waals surface area (Å²) < 4.78 is 63.7. The predicted molar refractivity (Wildman–Crippen MR) is 103 cm³/mol. The number of hydrogen-bond donors (Lipinski definition) is 1. The van der Waals surface area contributed by atoms with E-state index in [1.807, 2.05) is 0 Å². The van der Waals surface area contributed by atoms with Crippen LogP contribution in [-0.2, 0) is 21.1 Å². The van der Waals surface area contributed by atoms with Crippen LogP contribution in [0.3, 0.4) is 0 Å². The molecule has 2 rings (SSSR count). The van der Waals surface area contributed by atoms with Crippen LogP contribution in [0, 0.1) is 0 Å². The Kier molecular flexibility index (Phi) is 7.38. The molecule has 0 saturated carbocycles. The van der Waals surface area contributed by atoms with Gasteiger partial charge in [0.05, 0.1) is 26.2 Å². The van der Waals surface area contributed by atoms with E-state index in [9.17, 15) is 22.0 Å². The van der Waals surface area contributed by atoms with Crippen LogP contribution in [0.4, 0.5) is 14.5 Å². The highest BCUT2D eigenvalue weighted by Crippen LogP contribution is 2.38. The van der Waals surface area contributed by atoms with Gasteiger partial charge in [0, 0.05) is 12.1 Å². The zero-order chi connectivity index (χ0) is 21.6. The number of carbonyl (C=O) groups is 1. The Morgan fingerprint density at radius 1 is 1.00 bits per heavy atom. The molecule has 2 aromatic rings. The average Bonchev–Trinajstić information content (AvgIpc) is 2.71. The van der Waals surface area contributed by atoms with Gasteiger partial charge < -0.3 is 19.5 Å². The lowest BCUT2D eigenvalue weighted by molar-refractivity contribution is -0.116. The number of halogens is 2. The molecule has 0 saturated heterocycles. The lowest BCUT2D eigenvalue weighted by Gasteiger charge is -2.14. The number of carbonyl (C=O) groups excluding carboxylic acids is 1. The molecular formula is C19H21F2NO6S. The number of benzene rings is 2. The fraction of sp³-hybridized carbons (Fsp3) is 0.316. The van der Waals surface area contributed by atoms with Gasteiger partial charge in [0.15, 0.2) is 11.5 Å². The minimum Gasteiger partial charge on any atom is -0.493 e. The van der Waals surface area contributed by atoms with E-state index >= 15 is 0 Å².